The molecule has 80 valence electrons. The molecule has 2 heterocycles. The molecule has 0 fully saturated rings. The minimum atomic E-state index is 0.0418. The molecule has 1 aliphatic rings. The fourth-order valence-corrected chi connectivity index (χ4v) is 4.05. The van der Waals surface area contributed by atoms with Gasteiger partial charge in [-0.1, -0.05) is 0 Å². The summed E-state index contributed by atoms with van der Waals surface area (Å²) < 4.78 is 1.13. The van der Waals surface area contributed by atoms with E-state index in [1.54, 1.807) is 11.8 Å². The zero-order chi connectivity index (χ0) is 11.1. The fourth-order valence-electron chi connectivity index (χ4n) is 2.03. The molecule has 0 bridgehead atoms. The monoisotopic (exact) mass is 248 g/mol. The zero-order valence-electron chi connectivity index (χ0n) is 8.30. The van der Waals surface area contributed by atoms with Crippen LogP contribution in [-0.4, -0.2) is 17.8 Å². The second kappa shape index (κ2) is 3.71. The maximum Gasteiger partial charge on any atom is 0.160 e. The first kappa shape index (κ1) is 10.1. The van der Waals surface area contributed by atoms with Gasteiger partial charge in [-0.15, -0.1) is 23.1 Å². The number of carbonyl (C=O) groups is 2. The van der Waals surface area contributed by atoms with Crippen LogP contribution < -0.4 is 0 Å². The number of rotatable bonds is 2. The van der Waals surface area contributed by atoms with E-state index in [1.165, 1.54) is 21.8 Å². The first-order valence-electron chi connectivity index (χ1n) is 4.94. The van der Waals surface area contributed by atoms with Gasteiger partial charge in [-0.05, 0) is 35.6 Å². The van der Waals surface area contributed by atoms with Crippen molar-refractivity contribution in [1.29, 1.82) is 0 Å². The lowest BCUT2D eigenvalue weighted by molar-refractivity contribution is -0.107. The van der Waals surface area contributed by atoms with Crippen molar-refractivity contribution < 1.29 is 9.59 Å². The number of carbonyl (C=O) groups excluding carboxylic acids is 2. The summed E-state index contributed by atoms with van der Waals surface area (Å²) in [6, 6.07) is 6.02. The molecule has 1 aromatic heterocycles. The van der Waals surface area contributed by atoms with E-state index in [-0.39, 0.29) is 5.25 Å². The van der Waals surface area contributed by atoms with Gasteiger partial charge in [-0.25, -0.2) is 0 Å². The smallest absolute Gasteiger partial charge is 0.160 e. The highest BCUT2D eigenvalue weighted by molar-refractivity contribution is 8.00. The molecule has 2 aromatic rings. The molecule has 1 unspecified atom stereocenters. The maximum absolute atomic E-state index is 10.8. The zero-order valence-corrected chi connectivity index (χ0v) is 9.94. The number of aldehydes is 2. The molecule has 16 heavy (non-hydrogen) atoms. The Labute approximate surface area is 101 Å². The summed E-state index contributed by atoms with van der Waals surface area (Å²) in [6.07, 6.45) is 2.68. The highest BCUT2D eigenvalue weighted by Crippen LogP contribution is 2.41. The fraction of sp³-hybridized carbons (Fsp3) is 0.167. The summed E-state index contributed by atoms with van der Waals surface area (Å²) in [5.74, 6) is 0. The number of hydrogen-bond acceptors (Lipinski definition) is 4. The molecule has 0 aliphatic carbocycles. The Bertz CT molecular complexity index is 586. The van der Waals surface area contributed by atoms with Crippen LogP contribution in [0.15, 0.2) is 23.1 Å². The molecular weight excluding hydrogens is 240 g/mol. The van der Waals surface area contributed by atoms with Crippen LogP contribution in [0.5, 0.6) is 0 Å². The molecule has 0 radical (unpaired) electrons. The SMILES string of the molecule is O=Cc1cc2c3c(ccc2s1)SC(C=O)C3. The van der Waals surface area contributed by atoms with Crippen LogP contribution in [0, 0.1) is 0 Å². The minimum absolute atomic E-state index is 0.0418. The number of hydrogen-bond donors (Lipinski definition) is 0. The minimum Gasteiger partial charge on any atom is -0.302 e. The van der Waals surface area contributed by atoms with E-state index in [0.717, 1.165) is 34.0 Å². The second-order valence-electron chi connectivity index (χ2n) is 3.72. The van der Waals surface area contributed by atoms with Crippen molar-refractivity contribution in [2.75, 3.05) is 0 Å². The normalized spacial score (nSPS) is 18.6. The van der Waals surface area contributed by atoms with Gasteiger partial charge in [0.25, 0.3) is 0 Å². The van der Waals surface area contributed by atoms with Gasteiger partial charge >= 0.3 is 0 Å². The van der Waals surface area contributed by atoms with E-state index in [1.807, 2.05) is 12.1 Å². The maximum atomic E-state index is 10.8. The lowest BCUT2D eigenvalue weighted by atomic mass is 10.1. The summed E-state index contributed by atoms with van der Waals surface area (Å²) in [5, 5.41) is 1.18. The van der Waals surface area contributed by atoms with E-state index in [2.05, 4.69) is 6.07 Å². The van der Waals surface area contributed by atoms with Crippen LogP contribution in [0.25, 0.3) is 10.1 Å². The average molecular weight is 248 g/mol. The number of fused-ring (bicyclic) bond motifs is 3. The number of thioether (sulfide) groups is 1. The van der Waals surface area contributed by atoms with Crippen LogP contribution >= 0.6 is 23.1 Å². The van der Waals surface area contributed by atoms with E-state index < -0.39 is 0 Å². The predicted octanol–water partition coefficient (Wildman–Crippen LogP) is 2.93. The van der Waals surface area contributed by atoms with E-state index >= 15 is 0 Å². The Morgan fingerprint density at radius 1 is 1.31 bits per heavy atom. The van der Waals surface area contributed by atoms with Crippen LogP contribution in [0.4, 0.5) is 0 Å². The van der Waals surface area contributed by atoms with Gasteiger partial charge in [0, 0.05) is 9.60 Å². The standard InChI is InChI=1S/C12H8O2S2/c13-5-7-3-9-10-4-8(6-14)16-12(10)2-1-11(9)15-7/h1-3,5-6,8H,4H2. The Balaban J connectivity index is 2.22. The van der Waals surface area contributed by atoms with Gasteiger partial charge in [-0.2, -0.15) is 0 Å². The Kier molecular flexibility index (Phi) is 2.33. The average Bonchev–Trinajstić information content (AvgIpc) is 2.90. The molecular formula is C12H8O2S2. The molecule has 0 N–H and O–H groups in total. The van der Waals surface area contributed by atoms with Crippen molar-refractivity contribution >= 4 is 45.8 Å². The van der Waals surface area contributed by atoms with Gasteiger partial charge in [0.2, 0.25) is 0 Å². The Hall–Kier alpha value is -1.13. The van der Waals surface area contributed by atoms with E-state index in [4.69, 9.17) is 0 Å². The third-order valence-electron chi connectivity index (χ3n) is 2.74. The molecule has 3 rings (SSSR count). The Morgan fingerprint density at radius 2 is 2.19 bits per heavy atom. The predicted molar refractivity (Wildman–Crippen MR) is 66.6 cm³/mol. The first-order chi connectivity index (χ1) is 7.81. The lowest BCUT2D eigenvalue weighted by Crippen LogP contribution is -2.00. The van der Waals surface area contributed by atoms with Crippen LogP contribution in [0.1, 0.15) is 15.2 Å². The molecule has 0 saturated carbocycles. The number of thiophene rings is 1. The Morgan fingerprint density at radius 3 is 2.94 bits per heavy atom. The van der Waals surface area contributed by atoms with Gasteiger partial charge in [0.05, 0.1) is 10.1 Å². The summed E-state index contributed by atoms with van der Waals surface area (Å²) in [6.45, 7) is 0. The van der Waals surface area contributed by atoms with Gasteiger partial charge in [0.1, 0.15) is 6.29 Å². The van der Waals surface area contributed by atoms with Crippen LogP contribution in [-0.2, 0) is 11.2 Å². The summed E-state index contributed by atoms with van der Waals surface area (Å²) in [4.78, 5) is 23.5. The molecule has 1 aliphatic heterocycles. The van der Waals surface area contributed by atoms with Crippen molar-refractivity contribution in [3.05, 3.63) is 28.6 Å². The highest BCUT2D eigenvalue weighted by atomic mass is 32.2. The molecule has 1 atom stereocenters. The summed E-state index contributed by atoms with van der Waals surface area (Å²) in [7, 11) is 0. The van der Waals surface area contributed by atoms with Gasteiger partial charge in [0.15, 0.2) is 6.29 Å². The topological polar surface area (TPSA) is 34.1 Å². The molecule has 1 aromatic carbocycles. The van der Waals surface area contributed by atoms with Crippen molar-refractivity contribution in [2.45, 2.75) is 16.6 Å². The van der Waals surface area contributed by atoms with Gasteiger partial charge in [-0.3, -0.25) is 4.79 Å². The van der Waals surface area contributed by atoms with Crippen LogP contribution in [0.2, 0.25) is 0 Å². The van der Waals surface area contributed by atoms with E-state index in [9.17, 15) is 9.59 Å². The van der Waals surface area contributed by atoms with E-state index in [0.29, 0.717) is 0 Å². The third kappa shape index (κ3) is 1.41. The summed E-state index contributed by atoms with van der Waals surface area (Å²) in [5.41, 5.74) is 1.23. The molecule has 0 spiro atoms. The van der Waals surface area contributed by atoms with Crippen LogP contribution in [0.3, 0.4) is 0 Å². The van der Waals surface area contributed by atoms with Gasteiger partial charge < -0.3 is 4.79 Å². The van der Waals surface area contributed by atoms with Crippen molar-refractivity contribution in [3.63, 3.8) is 0 Å². The highest BCUT2D eigenvalue weighted by Gasteiger charge is 2.24. The summed E-state index contributed by atoms with van der Waals surface area (Å²) >= 11 is 3.12. The lowest BCUT2D eigenvalue weighted by Gasteiger charge is -1.97. The largest absolute Gasteiger partial charge is 0.302 e. The molecule has 4 heteroatoms. The van der Waals surface area contributed by atoms with Crippen molar-refractivity contribution in [3.8, 4) is 0 Å². The number of benzene rings is 1. The molecule has 2 nitrogen and oxygen atoms in total. The molecule has 0 amide bonds. The first-order valence-corrected chi connectivity index (χ1v) is 6.64. The molecule has 0 saturated heterocycles. The second-order valence-corrected chi connectivity index (χ2v) is 6.11. The van der Waals surface area contributed by atoms with Crippen molar-refractivity contribution in [1.82, 2.24) is 0 Å². The van der Waals surface area contributed by atoms with Crippen molar-refractivity contribution in [2.24, 2.45) is 0 Å². The third-order valence-corrected chi connectivity index (χ3v) is 4.98. The quantitative estimate of drug-likeness (QED) is 0.766.